The third-order valence-electron chi connectivity index (χ3n) is 8.76. The van der Waals surface area contributed by atoms with E-state index in [-0.39, 0.29) is 12.1 Å². The van der Waals surface area contributed by atoms with Crippen molar-refractivity contribution in [2.45, 2.75) is 74.4 Å². The summed E-state index contributed by atoms with van der Waals surface area (Å²) in [4.78, 5) is 2.61. The van der Waals surface area contributed by atoms with Crippen molar-refractivity contribution in [2.75, 3.05) is 26.3 Å². The molecule has 5 heteroatoms. The van der Waals surface area contributed by atoms with Crippen LogP contribution in [0.3, 0.4) is 0 Å². The van der Waals surface area contributed by atoms with Crippen molar-refractivity contribution in [3.05, 3.63) is 28.8 Å². The molecule has 5 nitrogen and oxygen atoms in total. The van der Waals surface area contributed by atoms with Gasteiger partial charge in [0.2, 0.25) is 5.79 Å². The third-order valence-corrected chi connectivity index (χ3v) is 8.76. The van der Waals surface area contributed by atoms with Gasteiger partial charge in [-0.2, -0.15) is 0 Å². The van der Waals surface area contributed by atoms with Gasteiger partial charge >= 0.3 is 0 Å². The number of benzene rings is 1. The molecule has 28 heavy (non-hydrogen) atoms. The van der Waals surface area contributed by atoms with Crippen LogP contribution in [0.1, 0.15) is 48.8 Å². The monoisotopic (exact) mass is 383 g/mol. The van der Waals surface area contributed by atoms with E-state index in [1.54, 1.807) is 0 Å². The van der Waals surface area contributed by atoms with Gasteiger partial charge < -0.3 is 19.3 Å². The molecule has 4 atom stereocenters. The van der Waals surface area contributed by atoms with Crippen LogP contribution in [0, 0.1) is 12.8 Å². The van der Waals surface area contributed by atoms with Crippen LogP contribution in [0.2, 0.25) is 0 Å². The summed E-state index contributed by atoms with van der Waals surface area (Å²) in [5.41, 5.74) is 2.64. The van der Waals surface area contributed by atoms with Gasteiger partial charge in [-0.3, -0.25) is 4.90 Å². The summed E-state index contributed by atoms with van der Waals surface area (Å²) in [6.45, 7) is 5.54. The van der Waals surface area contributed by atoms with Gasteiger partial charge in [-0.1, -0.05) is 12.1 Å². The van der Waals surface area contributed by atoms with Gasteiger partial charge in [0.1, 0.15) is 5.75 Å². The van der Waals surface area contributed by atoms with Crippen LogP contribution >= 0.6 is 0 Å². The number of hydrogen-bond acceptors (Lipinski definition) is 5. The zero-order chi connectivity index (χ0) is 18.7. The van der Waals surface area contributed by atoms with E-state index in [9.17, 15) is 5.11 Å². The molecule has 2 saturated heterocycles. The number of fused-ring (bicyclic) bond motifs is 1. The number of rotatable bonds is 2. The van der Waals surface area contributed by atoms with Crippen LogP contribution in [0.5, 0.6) is 5.75 Å². The van der Waals surface area contributed by atoms with Gasteiger partial charge in [0.15, 0.2) is 6.10 Å². The molecule has 6 aliphatic rings. The van der Waals surface area contributed by atoms with E-state index in [0.29, 0.717) is 19.6 Å². The van der Waals surface area contributed by atoms with Crippen molar-refractivity contribution >= 4 is 0 Å². The minimum atomic E-state index is -0.766. The molecule has 0 aromatic heterocycles. The first-order chi connectivity index (χ1) is 13.6. The molecule has 2 saturated carbocycles. The van der Waals surface area contributed by atoms with Gasteiger partial charge in [0, 0.05) is 24.6 Å². The predicted molar refractivity (Wildman–Crippen MR) is 102 cm³/mol. The Morgan fingerprint density at radius 3 is 2.75 bits per heavy atom. The quantitative estimate of drug-likeness (QED) is 0.849. The molecule has 7 rings (SSSR count). The molecular weight excluding hydrogens is 354 g/mol. The minimum Gasteiger partial charge on any atom is -0.483 e. The first kappa shape index (κ1) is 16.6. The molecule has 2 unspecified atom stereocenters. The van der Waals surface area contributed by atoms with E-state index in [2.05, 4.69) is 24.0 Å². The minimum absolute atomic E-state index is 0.174. The average Bonchev–Trinajstić information content (AvgIpc) is 3.23. The van der Waals surface area contributed by atoms with Crippen molar-refractivity contribution in [3.63, 3.8) is 0 Å². The molecule has 1 N–H and O–H groups in total. The number of hydrogen-bond donors (Lipinski definition) is 1. The fourth-order valence-electron chi connectivity index (χ4n) is 7.35. The Kier molecular flexibility index (Phi) is 3.04. The molecule has 3 aliphatic heterocycles. The lowest BCUT2D eigenvalue weighted by molar-refractivity contribution is -0.296. The smallest absolute Gasteiger partial charge is 0.207 e. The molecule has 4 fully saturated rings. The van der Waals surface area contributed by atoms with E-state index in [4.69, 9.17) is 14.2 Å². The van der Waals surface area contributed by atoms with E-state index in [0.717, 1.165) is 49.6 Å². The number of aryl methyl sites for hydroxylation is 1. The number of piperidine rings is 1. The summed E-state index contributed by atoms with van der Waals surface area (Å²) in [6, 6.07) is 4.65. The summed E-state index contributed by atoms with van der Waals surface area (Å²) in [7, 11) is 0. The van der Waals surface area contributed by atoms with E-state index in [1.807, 2.05) is 0 Å². The lowest BCUT2D eigenvalue weighted by Gasteiger charge is -2.65. The summed E-state index contributed by atoms with van der Waals surface area (Å²) in [6.07, 6.45) is 5.75. The van der Waals surface area contributed by atoms with Gasteiger partial charge in [-0.25, -0.2) is 0 Å². The number of likely N-dealkylation sites (tertiary alicyclic amines) is 1. The fraction of sp³-hybridized carbons (Fsp3) is 0.739. The van der Waals surface area contributed by atoms with Crippen molar-refractivity contribution in [1.29, 1.82) is 0 Å². The normalized spacial score (nSPS) is 42.5. The predicted octanol–water partition coefficient (Wildman–Crippen LogP) is 2.30. The second-order valence-corrected chi connectivity index (χ2v) is 10.1. The molecule has 0 radical (unpaired) electrons. The largest absolute Gasteiger partial charge is 0.483 e. The van der Waals surface area contributed by atoms with Gasteiger partial charge in [0.25, 0.3) is 0 Å². The first-order valence-corrected chi connectivity index (χ1v) is 11.1. The fourth-order valence-corrected chi connectivity index (χ4v) is 7.35. The SMILES string of the molecule is Cc1ccc2c3c1OC1C4(CCC5(O)[C@@H](C2)N(CC2CC2)CC[C@]315)OCCO4. The van der Waals surface area contributed by atoms with Crippen LogP contribution < -0.4 is 4.74 Å². The highest BCUT2D eigenvalue weighted by atomic mass is 16.8. The third kappa shape index (κ3) is 1.75. The molecular formula is C23H29NO4. The topological polar surface area (TPSA) is 51.2 Å². The Labute approximate surface area is 165 Å². The summed E-state index contributed by atoms with van der Waals surface area (Å²) < 4.78 is 19.2. The molecule has 2 spiro atoms. The standard InChI is InChI=1S/C23H29NO4/c1-14-2-5-16-12-17-22(25)6-7-23(26-10-11-27-23)20-21(22,18(16)19(14)28-20)8-9-24(17)13-15-3-4-15/h2,5,15,17,20,25H,3-4,6-13H2,1H3/t17-,20?,21+,22?/m1/s1. The molecule has 3 heterocycles. The molecule has 150 valence electrons. The lowest BCUT2D eigenvalue weighted by Crippen LogP contribution is -2.79. The first-order valence-electron chi connectivity index (χ1n) is 11.1. The number of aliphatic hydroxyl groups is 1. The Morgan fingerprint density at radius 1 is 1.14 bits per heavy atom. The Hall–Kier alpha value is -1.14. The number of ether oxygens (including phenoxy) is 3. The maximum atomic E-state index is 12.4. The molecule has 1 aromatic carbocycles. The maximum absolute atomic E-state index is 12.4. The van der Waals surface area contributed by atoms with E-state index >= 15 is 0 Å². The van der Waals surface area contributed by atoms with Crippen LogP contribution in [-0.2, 0) is 21.3 Å². The number of nitrogens with zero attached hydrogens (tertiary/aromatic N) is 1. The van der Waals surface area contributed by atoms with Crippen LogP contribution in [0.4, 0.5) is 0 Å². The zero-order valence-corrected chi connectivity index (χ0v) is 16.6. The Morgan fingerprint density at radius 2 is 1.96 bits per heavy atom. The van der Waals surface area contributed by atoms with Gasteiger partial charge in [-0.15, -0.1) is 0 Å². The Bertz CT molecular complexity index is 860. The molecule has 1 aromatic rings. The summed E-state index contributed by atoms with van der Waals surface area (Å²) in [5, 5.41) is 12.4. The van der Waals surface area contributed by atoms with Crippen LogP contribution in [-0.4, -0.2) is 59.8 Å². The second-order valence-electron chi connectivity index (χ2n) is 10.1. The average molecular weight is 383 g/mol. The zero-order valence-electron chi connectivity index (χ0n) is 16.6. The van der Waals surface area contributed by atoms with Crippen molar-refractivity contribution in [1.82, 2.24) is 4.90 Å². The van der Waals surface area contributed by atoms with Gasteiger partial charge in [0.05, 0.1) is 24.2 Å². The highest BCUT2D eigenvalue weighted by Crippen LogP contribution is 2.67. The highest BCUT2D eigenvalue weighted by molar-refractivity contribution is 5.60. The van der Waals surface area contributed by atoms with Crippen LogP contribution in [0.15, 0.2) is 12.1 Å². The second kappa shape index (κ2) is 5.12. The van der Waals surface area contributed by atoms with E-state index < -0.39 is 16.8 Å². The molecule has 3 aliphatic carbocycles. The van der Waals surface area contributed by atoms with Crippen LogP contribution in [0.25, 0.3) is 0 Å². The maximum Gasteiger partial charge on any atom is 0.207 e. The summed E-state index contributed by atoms with van der Waals surface area (Å²) in [5.74, 6) is 1.13. The Balaban J connectivity index is 1.45. The van der Waals surface area contributed by atoms with Gasteiger partial charge in [-0.05, 0) is 62.6 Å². The highest BCUT2D eigenvalue weighted by Gasteiger charge is 2.77. The van der Waals surface area contributed by atoms with E-state index in [1.165, 1.54) is 24.0 Å². The van der Waals surface area contributed by atoms with Crippen molar-refractivity contribution in [3.8, 4) is 5.75 Å². The molecule has 2 bridgehead atoms. The van der Waals surface area contributed by atoms with Crippen molar-refractivity contribution < 1.29 is 19.3 Å². The molecule has 0 amide bonds. The lowest BCUT2D eigenvalue weighted by atomic mass is 9.48. The summed E-state index contributed by atoms with van der Waals surface area (Å²) >= 11 is 0. The van der Waals surface area contributed by atoms with Crippen molar-refractivity contribution in [2.24, 2.45) is 5.92 Å².